The molecular formula is C13H23IOS. The molecule has 0 bridgehead atoms. The number of thioether (sulfide) groups is 1. The first-order valence-electron chi connectivity index (χ1n) is 5.59. The summed E-state index contributed by atoms with van der Waals surface area (Å²) >= 11 is 4.21. The number of alkyl halides is 1. The summed E-state index contributed by atoms with van der Waals surface area (Å²) in [4.78, 5) is 0. The van der Waals surface area contributed by atoms with Gasteiger partial charge in [-0.25, -0.2) is 0 Å². The van der Waals surface area contributed by atoms with Crippen LogP contribution in [0, 0.1) is 5.41 Å². The lowest BCUT2D eigenvalue weighted by Gasteiger charge is -2.30. The number of allylic oxidation sites excluding steroid dienone is 2. The number of hydrogen-bond donors (Lipinski definition) is 0. The summed E-state index contributed by atoms with van der Waals surface area (Å²) < 4.78 is 6.65. The van der Waals surface area contributed by atoms with E-state index in [-0.39, 0.29) is 0 Å². The summed E-state index contributed by atoms with van der Waals surface area (Å²) in [7, 11) is 0. The Kier molecular flexibility index (Phi) is 11.0. The largest absolute Gasteiger partial charge is 0.371 e. The Bertz CT molecular complexity index is 184. The number of ether oxygens (including phenoxy) is 1. The zero-order valence-corrected chi connectivity index (χ0v) is 13.2. The fraction of sp³-hybridized carbons (Fsp3) is 0.692. The Morgan fingerprint density at radius 3 is 2.38 bits per heavy atom. The minimum Gasteiger partial charge on any atom is -0.371 e. The molecule has 0 unspecified atom stereocenters. The first-order chi connectivity index (χ1) is 7.74. The highest BCUT2D eigenvalue weighted by atomic mass is 127. The molecule has 0 saturated carbocycles. The van der Waals surface area contributed by atoms with Crippen LogP contribution in [0.5, 0.6) is 0 Å². The SMILES string of the molecule is C=CCC(CI)(CC=C)CCCOCSC. The minimum atomic E-state index is 0.354. The second kappa shape index (κ2) is 10.7. The Morgan fingerprint density at radius 1 is 1.31 bits per heavy atom. The summed E-state index contributed by atoms with van der Waals surface area (Å²) in [5, 5.41) is 0. The molecule has 0 spiro atoms. The van der Waals surface area contributed by atoms with Crippen molar-refractivity contribution in [3.05, 3.63) is 25.3 Å². The lowest BCUT2D eigenvalue weighted by molar-refractivity contribution is 0.161. The molecule has 0 aromatic rings. The van der Waals surface area contributed by atoms with E-state index in [0.29, 0.717) is 5.41 Å². The van der Waals surface area contributed by atoms with E-state index in [9.17, 15) is 0 Å². The standard InChI is InChI=1S/C13H23IOS/c1-4-7-13(11-14,8-5-2)9-6-10-15-12-16-3/h4-5H,1-2,6-12H2,3H3. The third kappa shape index (κ3) is 6.97. The number of rotatable bonds is 11. The molecule has 16 heavy (non-hydrogen) atoms. The van der Waals surface area contributed by atoms with Gasteiger partial charge in [0.25, 0.3) is 0 Å². The maximum atomic E-state index is 5.49. The van der Waals surface area contributed by atoms with Gasteiger partial charge in [0.2, 0.25) is 0 Å². The number of hydrogen-bond acceptors (Lipinski definition) is 2. The lowest BCUT2D eigenvalue weighted by atomic mass is 9.79. The fourth-order valence-electron chi connectivity index (χ4n) is 1.77. The molecule has 0 rings (SSSR count). The summed E-state index contributed by atoms with van der Waals surface area (Å²) in [6.45, 7) is 8.59. The smallest absolute Gasteiger partial charge is 0.0918 e. The Balaban J connectivity index is 3.98. The molecule has 3 heteroatoms. The highest BCUT2D eigenvalue weighted by Gasteiger charge is 2.25. The predicted molar refractivity (Wildman–Crippen MR) is 84.5 cm³/mol. The van der Waals surface area contributed by atoms with Crippen LogP contribution < -0.4 is 0 Å². The van der Waals surface area contributed by atoms with Crippen molar-refractivity contribution in [2.45, 2.75) is 25.7 Å². The van der Waals surface area contributed by atoms with Gasteiger partial charge in [0.1, 0.15) is 0 Å². The minimum absolute atomic E-state index is 0.354. The van der Waals surface area contributed by atoms with Crippen LogP contribution in [-0.4, -0.2) is 23.2 Å². The van der Waals surface area contributed by atoms with Gasteiger partial charge in [0.05, 0.1) is 5.94 Å². The van der Waals surface area contributed by atoms with Crippen molar-refractivity contribution in [1.82, 2.24) is 0 Å². The van der Waals surface area contributed by atoms with E-state index in [0.717, 1.165) is 36.2 Å². The van der Waals surface area contributed by atoms with Crippen LogP contribution in [0.15, 0.2) is 25.3 Å². The molecule has 0 radical (unpaired) electrons. The maximum absolute atomic E-state index is 5.49. The second-order valence-corrected chi connectivity index (χ2v) is 5.61. The van der Waals surface area contributed by atoms with E-state index in [4.69, 9.17) is 4.74 Å². The Labute approximate surface area is 118 Å². The summed E-state index contributed by atoms with van der Waals surface area (Å²) in [6, 6.07) is 0. The molecule has 94 valence electrons. The molecule has 1 nitrogen and oxygen atoms in total. The lowest BCUT2D eigenvalue weighted by Crippen LogP contribution is -2.22. The van der Waals surface area contributed by atoms with Gasteiger partial charge in [-0.05, 0) is 37.4 Å². The average Bonchev–Trinajstić information content (AvgIpc) is 2.29. The molecular weight excluding hydrogens is 331 g/mol. The zero-order valence-electron chi connectivity index (χ0n) is 10.2. The highest BCUT2D eigenvalue weighted by molar-refractivity contribution is 14.1. The van der Waals surface area contributed by atoms with Crippen LogP contribution in [0.4, 0.5) is 0 Å². The van der Waals surface area contributed by atoms with Gasteiger partial charge < -0.3 is 4.74 Å². The quantitative estimate of drug-likeness (QED) is 0.175. The summed E-state index contributed by atoms with van der Waals surface area (Å²) in [5.74, 6) is 0.806. The van der Waals surface area contributed by atoms with Crippen molar-refractivity contribution in [2.75, 3.05) is 23.2 Å². The molecule has 0 saturated heterocycles. The van der Waals surface area contributed by atoms with Crippen molar-refractivity contribution in [3.63, 3.8) is 0 Å². The van der Waals surface area contributed by atoms with Gasteiger partial charge in [-0.2, -0.15) is 0 Å². The third-order valence-electron chi connectivity index (χ3n) is 2.64. The van der Waals surface area contributed by atoms with Crippen LogP contribution in [0.2, 0.25) is 0 Å². The van der Waals surface area contributed by atoms with Crippen LogP contribution in [0.25, 0.3) is 0 Å². The van der Waals surface area contributed by atoms with Gasteiger partial charge in [-0.15, -0.1) is 24.9 Å². The van der Waals surface area contributed by atoms with E-state index >= 15 is 0 Å². The van der Waals surface area contributed by atoms with Crippen LogP contribution >= 0.6 is 34.4 Å². The zero-order chi connectivity index (χ0) is 12.3. The summed E-state index contributed by atoms with van der Waals surface area (Å²) in [5.41, 5.74) is 0.354. The topological polar surface area (TPSA) is 9.23 Å². The molecule has 0 atom stereocenters. The van der Waals surface area contributed by atoms with E-state index < -0.39 is 0 Å². The monoisotopic (exact) mass is 354 g/mol. The van der Waals surface area contributed by atoms with E-state index in [1.165, 1.54) is 6.42 Å². The van der Waals surface area contributed by atoms with Crippen molar-refractivity contribution in [3.8, 4) is 0 Å². The van der Waals surface area contributed by atoms with E-state index in [2.05, 4.69) is 42.0 Å². The third-order valence-corrected chi connectivity index (χ3v) is 4.66. The van der Waals surface area contributed by atoms with Gasteiger partial charge in [0.15, 0.2) is 0 Å². The highest BCUT2D eigenvalue weighted by Crippen LogP contribution is 2.35. The second-order valence-electron chi connectivity index (χ2n) is 4.04. The molecule has 0 fully saturated rings. The van der Waals surface area contributed by atoms with Gasteiger partial charge in [0, 0.05) is 11.0 Å². The van der Waals surface area contributed by atoms with Gasteiger partial charge in [-0.3, -0.25) is 0 Å². The average molecular weight is 354 g/mol. The predicted octanol–water partition coefficient (Wildman–Crippen LogP) is 4.68. The first-order valence-corrected chi connectivity index (χ1v) is 8.51. The molecule has 0 aliphatic carbocycles. The number of halogens is 1. The molecule has 0 heterocycles. The normalized spacial score (nSPS) is 11.4. The molecule has 0 aromatic carbocycles. The Morgan fingerprint density at radius 2 is 1.94 bits per heavy atom. The van der Waals surface area contributed by atoms with Crippen LogP contribution in [0.1, 0.15) is 25.7 Å². The van der Waals surface area contributed by atoms with Crippen molar-refractivity contribution >= 4 is 34.4 Å². The molecule has 0 aliphatic heterocycles. The van der Waals surface area contributed by atoms with Crippen LogP contribution in [-0.2, 0) is 4.74 Å². The maximum Gasteiger partial charge on any atom is 0.0918 e. The van der Waals surface area contributed by atoms with E-state index in [1.807, 2.05) is 12.2 Å². The van der Waals surface area contributed by atoms with Gasteiger partial charge >= 0.3 is 0 Å². The molecule has 0 N–H and O–H groups in total. The fourth-order valence-corrected chi connectivity index (χ4v) is 3.06. The van der Waals surface area contributed by atoms with Crippen LogP contribution in [0.3, 0.4) is 0 Å². The summed E-state index contributed by atoms with van der Waals surface area (Å²) in [6.07, 6.45) is 10.6. The van der Waals surface area contributed by atoms with E-state index in [1.54, 1.807) is 11.8 Å². The first kappa shape index (κ1) is 16.5. The van der Waals surface area contributed by atoms with Crippen molar-refractivity contribution in [1.29, 1.82) is 0 Å². The molecule has 0 aromatic heterocycles. The van der Waals surface area contributed by atoms with Crippen molar-refractivity contribution < 1.29 is 4.74 Å². The van der Waals surface area contributed by atoms with Gasteiger partial charge in [-0.1, -0.05) is 34.7 Å². The van der Waals surface area contributed by atoms with Crippen molar-refractivity contribution in [2.24, 2.45) is 5.41 Å². The Hall–Kier alpha value is 0.520. The molecule has 0 amide bonds. The molecule has 0 aliphatic rings.